The van der Waals surface area contributed by atoms with Crippen molar-refractivity contribution in [2.45, 2.75) is 44.8 Å². The lowest BCUT2D eigenvalue weighted by Gasteiger charge is -2.50. The zero-order chi connectivity index (χ0) is 11.4. The zero-order valence-corrected chi connectivity index (χ0v) is 10.4. The molecule has 3 fully saturated rings. The molecule has 2 bridgehead atoms. The van der Waals surface area contributed by atoms with Crippen molar-refractivity contribution in [1.29, 1.82) is 0 Å². The molecular weight excluding hydrogens is 202 g/mol. The van der Waals surface area contributed by atoms with Crippen LogP contribution in [0, 0.1) is 11.3 Å². The van der Waals surface area contributed by atoms with Crippen LogP contribution in [0.25, 0.3) is 0 Å². The van der Waals surface area contributed by atoms with Crippen LogP contribution in [0.2, 0.25) is 0 Å². The molecule has 1 saturated heterocycles. The van der Waals surface area contributed by atoms with E-state index >= 15 is 0 Å². The molecule has 3 atom stereocenters. The largest absolute Gasteiger partial charge is 0.391 e. The Kier molecular flexibility index (Phi) is 2.36. The van der Waals surface area contributed by atoms with Gasteiger partial charge >= 0.3 is 0 Å². The first-order valence-corrected chi connectivity index (χ1v) is 6.60. The van der Waals surface area contributed by atoms with Crippen LogP contribution in [-0.2, 0) is 4.74 Å². The summed E-state index contributed by atoms with van der Waals surface area (Å²) in [5.74, 6) is 0.713. The fourth-order valence-electron chi connectivity index (χ4n) is 4.64. The Labute approximate surface area is 97.8 Å². The Balaban J connectivity index is 1.94. The second kappa shape index (κ2) is 3.44. The molecule has 2 aliphatic carbocycles. The molecule has 3 heteroatoms. The highest BCUT2D eigenvalue weighted by atomic mass is 16.5. The Morgan fingerprint density at radius 2 is 1.94 bits per heavy atom. The maximum atomic E-state index is 10.5. The number of hydrogen-bond donors (Lipinski definition) is 1. The Morgan fingerprint density at radius 1 is 1.25 bits per heavy atom. The number of nitrogens with zero attached hydrogens (tertiary/aromatic N) is 1. The molecule has 1 heterocycles. The van der Waals surface area contributed by atoms with Gasteiger partial charge in [-0.15, -0.1) is 0 Å². The summed E-state index contributed by atoms with van der Waals surface area (Å²) in [7, 11) is 0. The van der Waals surface area contributed by atoms with E-state index in [1.165, 1.54) is 12.8 Å². The van der Waals surface area contributed by atoms with Crippen molar-refractivity contribution in [3.8, 4) is 0 Å². The number of hydrogen-bond acceptors (Lipinski definition) is 3. The van der Waals surface area contributed by atoms with Crippen molar-refractivity contribution >= 4 is 0 Å². The van der Waals surface area contributed by atoms with E-state index in [4.69, 9.17) is 4.74 Å². The third-order valence-electron chi connectivity index (χ3n) is 5.64. The smallest absolute Gasteiger partial charge is 0.0732 e. The standard InChI is InChI=1S/C13H23NO2/c1-12(2)10-3-4-13(12,11(15)9-10)14-5-7-16-8-6-14/h10-11,15H,3-9H2,1-2H3/t10?,11-,13-/m1/s1. The van der Waals surface area contributed by atoms with Gasteiger partial charge in [-0.25, -0.2) is 0 Å². The summed E-state index contributed by atoms with van der Waals surface area (Å²) in [6.07, 6.45) is 3.34. The summed E-state index contributed by atoms with van der Waals surface area (Å²) in [4.78, 5) is 2.52. The van der Waals surface area contributed by atoms with Crippen molar-refractivity contribution < 1.29 is 9.84 Å². The fraction of sp³-hybridized carbons (Fsp3) is 1.00. The third kappa shape index (κ3) is 1.14. The minimum absolute atomic E-state index is 0.0431. The molecule has 1 unspecified atom stereocenters. The first kappa shape index (κ1) is 11.0. The molecule has 16 heavy (non-hydrogen) atoms. The summed E-state index contributed by atoms with van der Waals surface area (Å²) >= 11 is 0. The highest BCUT2D eigenvalue weighted by Crippen LogP contribution is 2.62. The lowest BCUT2D eigenvalue weighted by atomic mass is 9.74. The van der Waals surface area contributed by atoms with Crippen molar-refractivity contribution in [3.63, 3.8) is 0 Å². The molecule has 3 aliphatic rings. The summed E-state index contributed by atoms with van der Waals surface area (Å²) in [5.41, 5.74) is 0.311. The Hall–Kier alpha value is -0.120. The Bertz CT molecular complexity index is 286. The van der Waals surface area contributed by atoms with Crippen molar-refractivity contribution in [2.24, 2.45) is 11.3 Å². The van der Waals surface area contributed by atoms with Gasteiger partial charge in [0.25, 0.3) is 0 Å². The first-order chi connectivity index (χ1) is 7.59. The zero-order valence-electron chi connectivity index (χ0n) is 10.4. The molecule has 3 rings (SSSR count). The van der Waals surface area contributed by atoms with Gasteiger partial charge in [0.15, 0.2) is 0 Å². The van der Waals surface area contributed by atoms with Crippen LogP contribution >= 0.6 is 0 Å². The van der Waals surface area contributed by atoms with Crippen molar-refractivity contribution in [3.05, 3.63) is 0 Å². The van der Waals surface area contributed by atoms with Gasteiger partial charge in [-0.2, -0.15) is 0 Å². The van der Waals surface area contributed by atoms with E-state index in [1.54, 1.807) is 0 Å². The average molecular weight is 225 g/mol. The molecule has 0 spiro atoms. The van der Waals surface area contributed by atoms with Gasteiger partial charge in [0.05, 0.1) is 24.9 Å². The predicted octanol–water partition coefficient (Wildman–Crippen LogP) is 1.26. The van der Waals surface area contributed by atoms with Crippen LogP contribution in [0.4, 0.5) is 0 Å². The fourth-order valence-corrected chi connectivity index (χ4v) is 4.64. The molecule has 3 nitrogen and oxygen atoms in total. The number of aliphatic hydroxyl groups excluding tert-OH is 1. The minimum atomic E-state index is -0.126. The molecule has 0 amide bonds. The molecular formula is C13H23NO2. The van der Waals surface area contributed by atoms with Crippen LogP contribution in [-0.4, -0.2) is 48.0 Å². The van der Waals surface area contributed by atoms with Crippen LogP contribution in [0.5, 0.6) is 0 Å². The number of fused-ring (bicyclic) bond motifs is 2. The topological polar surface area (TPSA) is 32.7 Å². The predicted molar refractivity (Wildman–Crippen MR) is 62.3 cm³/mol. The van der Waals surface area contributed by atoms with Gasteiger partial charge in [0.1, 0.15) is 0 Å². The average Bonchev–Trinajstić information content (AvgIpc) is 2.64. The van der Waals surface area contributed by atoms with Gasteiger partial charge in [-0.1, -0.05) is 13.8 Å². The van der Waals surface area contributed by atoms with Crippen LogP contribution < -0.4 is 0 Å². The van der Waals surface area contributed by atoms with Crippen LogP contribution in [0.15, 0.2) is 0 Å². The molecule has 0 aromatic rings. The summed E-state index contributed by atoms with van der Waals surface area (Å²) in [6, 6.07) is 0. The van der Waals surface area contributed by atoms with Gasteiger partial charge < -0.3 is 9.84 Å². The number of ether oxygens (including phenoxy) is 1. The van der Waals surface area contributed by atoms with E-state index in [1.807, 2.05) is 0 Å². The molecule has 0 radical (unpaired) electrons. The van der Waals surface area contributed by atoms with Crippen molar-refractivity contribution in [2.75, 3.05) is 26.3 Å². The highest BCUT2D eigenvalue weighted by Gasteiger charge is 2.66. The number of rotatable bonds is 1. The minimum Gasteiger partial charge on any atom is -0.391 e. The van der Waals surface area contributed by atoms with Crippen molar-refractivity contribution in [1.82, 2.24) is 4.90 Å². The maximum Gasteiger partial charge on any atom is 0.0732 e. The van der Waals surface area contributed by atoms with E-state index in [-0.39, 0.29) is 17.1 Å². The van der Waals surface area contributed by atoms with Gasteiger partial charge in [-0.3, -0.25) is 4.90 Å². The lowest BCUT2D eigenvalue weighted by Crippen LogP contribution is -2.62. The van der Waals surface area contributed by atoms with E-state index in [0.29, 0.717) is 5.92 Å². The summed E-state index contributed by atoms with van der Waals surface area (Å²) in [5, 5.41) is 10.5. The second-order valence-electron chi connectivity index (χ2n) is 6.23. The second-order valence-corrected chi connectivity index (χ2v) is 6.23. The van der Waals surface area contributed by atoms with E-state index in [2.05, 4.69) is 18.7 Å². The lowest BCUT2D eigenvalue weighted by molar-refractivity contribution is -0.0986. The summed E-state index contributed by atoms with van der Waals surface area (Å²) in [6.45, 7) is 8.36. The maximum absolute atomic E-state index is 10.5. The number of morpholine rings is 1. The monoisotopic (exact) mass is 225 g/mol. The normalized spacial score (nSPS) is 47.4. The highest BCUT2D eigenvalue weighted by molar-refractivity contribution is 5.19. The van der Waals surface area contributed by atoms with Crippen LogP contribution in [0.1, 0.15) is 33.1 Å². The number of aliphatic hydroxyl groups is 1. The molecule has 1 aliphatic heterocycles. The molecule has 0 aromatic heterocycles. The summed E-state index contributed by atoms with van der Waals surface area (Å²) < 4.78 is 5.44. The SMILES string of the molecule is CC1(C)C2CC[C@@]1(N1CCOCC1)[C@H](O)C2. The van der Waals surface area contributed by atoms with Crippen LogP contribution in [0.3, 0.4) is 0 Å². The Morgan fingerprint density at radius 3 is 2.44 bits per heavy atom. The molecule has 2 saturated carbocycles. The molecule has 92 valence electrons. The molecule has 1 N–H and O–H groups in total. The third-order valence-corrected chi connectivity index (χ3v) is 5.64. The quantitative estimate of drug-likeness (QED) is 0.729. The molecule has 0 aromatic carbocycles. The van der Waals surface area contributed by atoms with E-state index < -0.39 is 0 Å². The van der Waals surface area contributed by atoms with Gasteiger partial charge in [0.2, 0.25) is 0 Å². The van der Waals surface area contributed by atoms with Gasteiger partial charge in [0, 0.05) is 13.1 Å². The van der Waals surface area contributed by atoms with Gasteiger partial charge in [-0.05, 0) is 30.6 Å². The van der Waals surface area contributed by atoms with E-state index in [0.717, 1.165) is 32.7 Å². The first-order valence-electron chi connectivity index (χ1n) is 6.60. The van der Waals surface area contributed by atoms with E-state index in [9.17, 15) is 5.11 Å².